The number of benzene rings is 6. The molecule has 6 aromatic carbocycles. The number of urea groups is 1. The van der Waals surface area contributed by atoms with E-state index < -0.39 is 19.7 Å². The lowest BCUT2D eigenvalue weighted by Crippen LogP contribution is -2.51. The molecular weight excluding hydrogens is 822 g/mol. The van der Waals surface area contributed by atoms with Crippen LogP contribution in [-0.2, 0) is 52.9 Å². The zero-order valence-corrected chi connectivity index (χ0v) is 36.1. The summed E-state index contributed by atoms with van der Waals surface area (Å²) in [5.74, 6) is 0.887. The molecule has 328 valence electrons. The Morgan fingerprint density at radius 1 is 0.603 bits per heavy atom. The molecule has 3 N–H and O–H groups in total. The number of rotatable bonds is 19. The van der Waals surface area contributed by atoms with Gasteiger partial charge in [-0.1, -0.05) is 115 Å². The average Bonchev–Trinajstić information content (AvgIpc) is 3.39. The van der Waals surface area contributed by atoms with E-state index in [0.29, 0.717) is 23.3 Å². The highest BCUT2D eigenvalue weighted by molar-refractivity contribution is 7.53. The van der Waals surface area contributed by atoms with Crippen molar-refractivity contribution in [3.05, 3.63) is 185 Å². The smallest absolute Gasteiger partial charge is 0.368 e. The van der Waals surface area contributed by atoms with Gasteiger partial charge in [-0.05, 0) is 76.2 Å². The van der Waals surface area contributed by atoms with E-state index in [2.05, 4.69) is 0 Å². The molecule has 0 aromatic heterocycles. The summed E-state index contributed by atoms with van der Waals surface area (Å²) in [5, 5.41) is 36.3. The molecule has 0 radical (unpaired) electrons. The molecule has 1 heterocycles. The van der Waals surface area contributed by atoms with Gasteiger partial charge in [0.2, 0.25) is 0 Å². The molecule has 0 spiro atoms. The number of phenols is 2. The topological polar surface area (TPSA) is 151 Å². The minimum atomic E-state index is -3.75. The van der Waals surface area contributed by atoms with E-state index >= 15 is 4.79 Å². The van der Waals surface area contributed by atoms with Gasteiger partial charge in [-0.3, -0.25) is 9.57 Å². The van der Waals surface area contributed by atoms with Gasteiger partial charge in [-0.15, -0.1) is 0 Å². The highest BCUT2D eigenvalue weighted by atomic mass is 31.2. The summed E-state index contributed by atoms with van der Waals surface area (Å²) >= 11 is 0. The van der Waals surface area contributed by atoms with Crippen LogP contribution < -0.4 is 14.2 Å². The van der Waals surface area contributed by atoms with Crippen LogP contribution in [0.3, 0.4) is 0 Å². The molecule has 14 heteroatoms. The number of methoxy groups -OCH3 is 2. The Bertz CT molecular complexity index is 2400. The molecule has 7 rings (SSSR count). The van der Waals surface area contributed by atoms with Crippen LogP contribution in [0.1, 0.15) is 33.4 Å². The van der Waals surface area contributed by atoms with Crippen LogP contribution in [0.15, 0.2) is 152 Å². The fourth-order valence-electron chi connectivity index (χ4n) is 7.33. The predicted octanol–water partition coefficient (Wildman–Crippen LogP) is 8.91. The summed E-state index contributed by atoms with van der Waals surface area (Å²) in [7, 11) is -0.824. The summed E-state index contributed by atoms with van der Waals surface area (Å²) in [6, 6.07) is 44.6. The van der Waals surface area contributed by atoms with E-state index in [0.717, 1.165) is 22.3 Å². The molecule has 2 atom stereocenters. The van der Waals surface area contributed by atoms with Crippen LogP contribution in [0.4, 0.5) is 4.79 Å². The summed E-state index contributed by atoms with van der Waals surface area (Å²) in [6.45, 7) is 0.653. The number of ether oxygens (including phenoxy) is 3. The fourth-order valence-corrected chi connectivity index (χ4v) is 8.55. The first-order valence-electron chi connectivity index (χ1n) is 20.5. The van der Waals surface area contributed by atoms with Crippen molar-refractivity contribution < 1.29 is 47.9 Å². The van der Waals surface area contributed by atoms with Crippen LogP contribution >= 0.6 is 7.60 Å². The predicted molar refractivity (Wildman–Crippen MR) is 238 cm³/mol. The van der Waals surface area contributed by atoms with Crippen LogP contribution in [0.25, 0.3) is 0 Å². The van der Waals surface area contributed by atoms with Crippen LogP contribution in [0.5, 0.6) is 28.7 Å². The number of hydrogen-bond donors (Lipinski definition) is 3. The van der Waals surface area contributed by atoms with Gasteiger partial charge in [-0.2, -0.15) is 0 Å². The first-order valence-corrected chi connectivity index (χ1v) is 22.3. The van der Waals surface area contributed by atoms with E-state index in [1.165, 1.54) is 26.4 Å². The molecule has 0 bridgehead atoms. The number of aromatic hydroxyl groups is 2. The summed E-state index contributed by atoms with van der Waals surface area (Å²) < 4.78 is 42.7. The number of carbonyl (C=O) groups excluding carboxylic acids is 1. The first kappa shape index (κ1) is 44.7. The Balaban J connectivity index is 1.15. The number of aliphatic hydroxyl groups excluding tert-OH is 1. The lowest BCUT2D eigenvalue weighted by molar-refractivity contribution is -0.0213. The van der Waals surface area contributed by atoms with E-state index in [1.807, 2.05) is 108 Å². The molecule has 1 aliphatic heterocycles. The maximum Gasteiger partial charge on any atom is 0.368 e. The van der Waals surface area contributed by atoms with Crippen LogP contribution in [0, 0.1) is 0 Å². The van der Waals surface area contributed by atoms with Crippen molar-refractivity contribution >= 4 is 13.6 Å². The summed E-state index contributed by atoms with van der Waals surface area (Å²) in [5.41, 5.74) is 4.81. The average molecular weight is 874 g/mol. The van der Waals surface area contributed by atoms with Crippen molar-refractivity contribution in [2.75, 3.05) is 27.1 Å². The monoisotopic (exact) mass is 873 g/mol. The lowest BCUT2D eigenvalue weighted by Gasteiger charge is -2.36. The molecule has 0 saturated carbocycles. The number of hydrazine groups is 1. The number of β-amino-alcohol motifs (C(OH)–C–C–N with tert-alkyl or cyclic N) is 1. The van der Waals surface area contributed by atoms with Crippen molar-refractivity contribution in [3.63, 3.8) is 0 Å². The van der Waals surface area contributed by atoms with Gasteiger partial charge in [0.1, 0.15) is 5.75 Å². The summed E-state index contributed by atoms with van der Waals surface area (Å²) in [4.78, 5) is 16.8. The molecule has 2 amide bonds. The first-order chi connectivity index (χ1) is 30.6. The Kier molecular flexibility index (Phi) is 15.0. The van der Waals surface area contributed by atoms with Crippen molar-refractivity contribution in [1.82, 2.24) is 14.9 Å². The van der Waals surface area contributed by atoms with Gasteiger partial charge < -0.3 is 43.5 Å². The third kappa shape index (κ3) is 12.0. The fraction of sp³-hybridized carbons (Fsp3) is 0.245. The zero-order valence-electron chi connectivity index (χ0n) is 35.2. The SMILES string of the molecule is COc1cc(CN2C(=O)N(Cc3ccc(O)c(OC)c3)N(Cc3ccc(OCP(=O)(OCc4ccccc4)OCc4ccccc4)cc3)CC(O)C2Cc2ccccc2)ccc1O. The second-order valence-corrected chi connectivity index (χ2v) is 17.2. The number of hydrogen-bond acceptors (Lipinski definition) is 11. The Morgan fingerprint density at radius 3 is 1.62 bits per heavy atom. The summed E-state index contributed by atoms with van der Waals surface area (Å²) in [6.07, 6.45) is -0.956. The maximum atomic E-state index is 15.1. The van der Waals surface area contributed by atoms with Gasteiger partial charge in [0, 0.05) is 19.6 Å². The Hall–Kier alpha value is -6.34. The minimum absolute atomic E-state index is 0.0309. The van der Waals surface area contributed by atoms with Crippen molar-refractivity contribution in [2.45, 2.75) is 51.4 Å². The number of phenolic OH excluding ortho intramolecular Hbond substituents is 2. The third-order valence-electron chi connectivity index (χ3n) is 10.7. The van der Waals surface area contributed by atoms with Gasteiger partial charge in [0.05, 0.1) is 46.1 Å². The number of amides is 2. The molecule has 0 aliphatic carbocycles. The van der Waals surface area contributed by atoms with Crippen LogP contribution in [0.2, 0.25) is 0 Å². The van der Waals surface area contributed by atoms with E-state index in [4.69, 9.17) is 23.3 Å². The molecule has 1 aliphatic rings. The number of carbonyl (C=O) groups is 1. The highest BCUT2D eigenvalue weighted by Gasteiger charge is 2.40. The van der Waals surface area contributed by atoms with Gasteiger partial charge >= 0.3 is 13.6 Å². The van der Waals surface area contributed by atoms with E-state index in [1.54, 1.807) is 46.3 Å². The van der Waals surface area contributed by atoms with Gasteiger partial charge in [0.25, 0.3) is 0 Å². The van der Waals surface area contributed by atoms with Gasteiger partial charge in [0.15, 0.2) is 29.3 Å². The second-order valence-electron chi connectivity index (χ2n) is 15.2. The Morgan fingerprint density at radius 2 is 1.10 bits per heavy atom. The molecule has 63 heavy (non-hydrogen) atoms. The van der Waals surface area contributed by atoms with Crippen molar-refractivity contribution in [2.24, 2.45) is 0 Å². The molecule has 6 aromatic rings. The van der Waals surface area contributed by atoms with E-state index in [-0.39, 0.29) is 74.8 Å². The third-order valence-corrected chi connectivity index (χ3v) is 12.2. The molecule has 2 unspecified atom stereocenters. The van der Waals surface area contributed by atoms with Crippen LogP contribution in [-0.4, -0.2) is 75.5 Å². The maximum absolute atomic E-state index is 15.1. The lowest BCUT2D eigenvalue weighted by atomic mass is 9.99. The molecule has 1 fully saturated rings. The minimum Gasteiger partial charge on any atom is -0.504 e. The molecule has 1 saturated heterocycles. The quantitative estimate of drug-likeness (QED) is 0.0670. The van der Waals surface area contributed by atoms with Gasteiger partial charge in [-0.25, -0.2) is 9.80 Å². The number of nitrogens with zero attached hydrogens (tertiary/aromatic N) is 3. The second kappa shape index (κ2) is 21.2. The molecular formula is C49H52N3O10P. The zero-order chi connectivity index (χ0) is 44.2. The van der Waals surface area contributed by atoms with Crippen molar-refractivity contribution in [3.8, 4) is 28.7 Å². The molecule has 13 nitrogen and oxygen atoms in total. The van der Waals surface area contributed by atoms with E-state index in [9.17, 15) is 19.9 Å². The Labute approximate surface area is 367 Å². The van der Waals surface area contributed by atoms with Crippen molar-refractivity contribution in [1.29, 1.82) is 0 Å². The normalized spacial score (nSPS) is 15.8. The number of aliphatic hydroxyl groups is 1. The highest BCUT2D eigenvalue weighted by Crippen LogP contribution is 2.50. The largest absolute Gasteiger partial charge is 0.504 e. The standard InChI is InChI=1S/C49H52N3O10P/c1-58-47-27-40(20-24-44(47)53)30-51-43(26-36-12-6-3-7-13-36)46(55)32-50(52(49(51)56)31-41-21-25-45(54)48(28-41)59-2)29-37-18-22-42(23-19-37)60-35-63(57,61-33-38-14-8-4-9-15-38)62-34-39-16-10-5-11-17-39/h3-25,27-28,43,46,53-55H,26,29-35H2,1-2H3.